The van der Waals surface area contributed by atoms with E-state index in [-0.39, 0.29) is 12.0 Å². The zero-order valence-corrected chi connectivity index (χ0v) is 16.9. The predicted octanol–water partition coefficient (Wildman–Crippen LogP) is 4.34. The largest absolute Gasteiger partial charge is 0.492 e. The van der Waals surface area contributed by atoms with Crippen LogP contribution in [0.1, 0.15) is 41.5 Å². The van der Waals surface area contributed by atoms with Crippen LogP contribution in [0.2, 0.25) is 5.02 Å². The van der Waals surface area contributed by atoms with Gasteiger partial charge in [0, 0.05) is 12.1 Å². The van der Waals surface area contributed by atoms with Crippen molar-refractivity contribution in [3.63, 3.8) is 0 Å². The van der Waals surface area contributed by atoms with Gasteiger partial charge in [-0.15, -0.1) is 0 Å². The van der Waals surface area contributed by atoms with E-state index in [0.29, 0.717) is 35.6 Å². The number of aromatic nitrogens is 2. The Hall–Kier alpha value is -2.41. The van der Waals surface area contributed by atoms with Crippen LogP contribution in [0.4, 0.5) is 0 Å². The Morgan fingerprint density at radius 1 is 1.18 bits per heavy atom. The Morgan fingerprint density at radius 3 is 2.79 bits per heavy atom. The lowest BCUT2D eigenvalue weighted by Gasteiger charge is -2.17. The van der Waals surface area contributed by atoms with Crippen molar-refractivity contribution in [2.45, 2.75) is 32.7 Å². The molecule has 2 aromatic carbocycles. The lowest BCUT2D eigenvalue weighted by molar-refractivity contribution is 0.339. The summed E-state index contributed by atoms with van der Waals surface area (Å²) in [4.78, 5) is 4.66. The molecule has 1 aromatic heterocycles. The molecular formula is C21H23ClN4O2. The number of aryl methyl sites for hydroxylation is 2. The van der Waals surface area contributed by atoms with Crippen molar-refractivity contribution >= 4 is 11.6 Å². The number of nitrogens with one attached hydrogen (secondary N) is 2. The topological polar surface area (TPSA) is 72.2 Å². The average molecular weight is 399 g/mol. The molecule has 4 rings (SSSR count). The summed E-state index contributed by atoms with van der Waals surface area (Å²) in [5, 5.41) is 4.79. The van der Waals surface area contributed by atoms with Crippen LogP contribution in [0.25, 0.3) is 11.4 Å². The SMILES string of the molecule is CCOc1ccc(C2NNCC2c2nc(-c3ccc(C)c(C)c3)no2)cc1Cl. The summed E-state index contributed by atoms with van der Waals surface area (Å²) in [5.41, 5.74) is 10.9. The average Bonchev–Trinajstić information content (AvgIpc) is 3.35. The van der Waals surface area contributed by atoms with Crippen LogP contribution in [0.3, 0.4) is 0 Å². The number of rotatable bonds is 5. The lowest BCUT2D eigenvalue weighted by atomic mass is 9.94. The number of halogens is 1. The second-order valence-electron chi connectivity index (χ2n) is 6.99. The van der Waals surface area contributed by atoms with Gasteiger partial charge in [-0.3, -0.25) is 5.43 Å². The van der Waals surface area contributed by atoms with Crippen LogP contribution in [0.5, 0.6) is 5.75 Å². The van der Waals surface area contributed by atoms with Crippen molar-refractivity contribution in [2.75, 3.05) is 13.2 Å². The van der Waals surface area contributed by atoms with E-state index < -0.39 is 0 Å². The highest BCUT2D eigenvalue weighted by Crippen LogP contribution is 2.36. The second kappa shape index (κ2) is 7.91. The highest BCUT2D eigenvalue weighted by Gasteiger charge is 2.34. The Bertz CT molecular complexity index is 988. The van der Waals surface area contributed by atoms with Gasteiger partial charge in [-0.25, -0.2) is 5.43 Å². The Labute approximate surface area is 169 Å². The molecule has 146 valence electrons. The zero-order valence-electron chi connectivity index (χ0n) is 16.1. The molecule has 2 heterocycles. The smallest absolute Gasteiger partial charge is 0.233 e. The first-order chi connectivity index (χ1) is 13.6. The highest BCUT2D eigenvalue weighted by molar-refractivity contribution is 6.32. The van der Waals surface area contributed by atoms with E-state index in [0.717, 1.165) is 11.1 Å². The molecule has 7 heteroatoms. The molecule has 1 saturated heterocycles. The quantitative estimate of drug-likeness (QED) is 0.666. The minimum absolute atomic E-state index is 0.00167. The van der Waals surface area contributed by atoms with Crippen LogP contribution in [-0.4, -0.2) is 23.3 Å². The van der Waals surface area contributed by atoms with Crippen molar-refractivity contribution in [1.82, 2.24) is 21.0 Å². The first kappa shape index (κ1) is 18.9. The third-order valence-corrected chi connectivity index (χ3v) is 5.42. The maximum Gasteiger partial charge on any atom is 0.233 e. The summed E-state index contributed by atoms with van der Waals surface area (Å²) in [5.74, 6) is 1.89. The fourth-order valence-corrected chi connectivity index (χ4v) is 3.65. The fraction of sp³-hybridized carbons (Fsp3) is 0.333. The van der Waals surface area contributed by atoms with Gasteiger partial charge in [-0.2, -0.15) is 4.98 Å². The lowest BCUT2D eigenvalue weighted by Crippen LogP contribution is -2.24. The molecule has 1 aliphatic heterocycles. The van der Waals surface area contributed by atoms with Crippen molar-refractivity contribution in [2.24, 2.45) is 0 Å². The number of nitrogens with zero attached hydrogens (tertiary/aromatic N) is 2. The summed E-state index contributed by atoms with van der Waals surface area (Å²) < 4.78 is 11.1. The zero-order chi connectivity index (χ0) is 19.7. The first-order valence-electron chi connectivity index (χ1n) is 9.38. The van der Waals surface area contributed by atoms with Crippen LogP contribution >= 0.6 is 11.6 Å². The molecule has 28 heavy (non-hydrogen) atoms. The monoisotopic (exact) mass is 398 g/mol. The summed E-state index contributed by atoms with van der Waals surface area (Å²) in [7, 11) is 0. The number of hydrogen-bond donors (Lipinski definition) is 2. The van der Waals surface area contributed by atoms with E-state index in [1.807, 2.05) is 31.2 Å². The summed E-state index contributed by atoms with van der Waals surface area (Å²) >= 11 is 6.37. The standard InChI is InChI=1S/C21H23ClN4O2/c1-4-27-18-8-7-14(10-17(18)22)19-16(11-23-25-19)21-24-20(26-28-21)15-6-5-12(2)13(3)9-15/h5-10,16,19,23,25H,4,11H2,1-3H3. The van der Waals surface area contributed by atoms with Gasteiger partial charge in [0.25, 0.3) is 0 Å². The van der Waals surface area contributed by atoms with Crippen molar-refractivity contribution in [1.29, 1.82) is 0 Å². The molecule has 2 atom stereocenters. The van der Waals surface area contributed by atoms with Crippen LogP contribution in [0.15, 0.2) is 40.9 Å². The molecule has 3 aromatic rings. The Morgan fingerprint density at radius 2 is 2.04 bits per heavy atom. The molecule has 2 unspecified atom stereocenters. The van der Waals surface area contributed by atoms with Gasteiger partial charge >= 0.3 is 0 Å². The number of ether oxygens (including phenoxy) is 1. The van der Waals surface area contributed by atoms with Gasteiger partial charge in [-0.05, 0) is 55.7 Å². The van der Waals surface area contributed by atoms with Crippen molar-refractivity contribution in [3.05, 3.63) is 64.0 Å². The maximum absolute atomic E-state index is 6.37. The van der Waals surface area contributed by atoms with E-state index in [1.54, 1.807) is 0 Å². The van der Waals surface area contributed by atoms with Crippen LogP contribution < -0.4 is 15.6 Å². The predicted molar refractivity (Wildman–Crippen MR) is 108 cm³/mol. The summed E-state index contributed by atoms with van der Waals surface area (Å²) in [6.07, 6.45) is 0. The summed E-state index contributed by atoms with van der Waals surface area (Å²) in [6.45, 7) is 7.36. The number of hydrazine groups is 1. The summed E-state index contributed by atoms with van der Waals surface area (Å²) in [6, 6.07) is 12.0. The fourth-order valence-electron chi connectivity index (χ4n) is 3.41. The van der Waals surface area contributed by atoms with Gasteiger partial charge in [0.15, 0.2) is 0 Å². The third-order valence-electron chi connectivity index (χ3n) is 5.12. The molecular weight excluding hydrogens is 376 g/mol. The number of benzene rings is 2. The van der Waals surface area contributed by atoms with Crippen molar-refractivity contribution < 1.29 is 9.26 Å². The van der Waals surface area contributed by atoms with Gasteiger partial charge < -0.3 is 9.26 Å². The highest BCUT2D eigenvalue weighted by atomic mass is 35.5. The number of hydrogen-bond acceptors (Lipinski definition) is 6. The van der Waals surface area contributed by atoms with E-state index in [9.17, 15) is 0 Å². The van der Waals surface area contributed by atoms with Gasteiger partial charge in [0.2, 0.25) is 11.7 Å². The molecule has 1 aliphatic rings. The van der Waals surface area contributed by atoms with Crippen LogP contribution in [-0.2, 0) is 0 Å². The van der Waals surface area contributed by atoms with E-state index in [1.165, 1.54) is 11.1 Å². The Kier molecular flexibility index (Phi) is 5.35. The van der Waals surface area contributed by atoms with Gasteiger partial charge in [0.1, 0.15) is 5.75 Å². The van der Waals surface area contributed by atoms with E-state index in [4.69, 9.17) is 20.9 Å². The third kappa shape index (κ3) is 3.63. The first-order valence-corrected chi connectivity index (χ1v) is 9.76. The molecule has 0 amide bonds. The molecule has 1 fully saturated rings. The molecule has 0 saturated carbocycles. The van der Waals surface area contributed by atoms with Gasteiger partial charge in [-0.1, -0.05) is 35.0 Å². The normalized spacial score (nSPS) is 19.1. The second-order valence-corrected chi connectivity index (χ2v) is 7.39. The molecule has 0 bridgehead atoms. The maximum atomic E-state index is 6.37. The molecule has 0 spiro atoms. The van der Waals surface area contributed by atoms with Crippen molar-refractivity contribution in [3.8, 4) is 17.1 Å². The van der Waals surface area contributed by atoms with E-state index in [2.05, 4.69) is 47.0 Å². The van der Waals surface area contributed by atoms with E-state index >= 15 is 0 Å². The molecule has 0 aliphatic carbocycles. The van der Waals surface area contributed by atoms with Gasteiger partial charge in [0.05, 0.1) is 23.6 Å². The minimum Gasteiger partial charge on any atom is -0.492 e. The molecule has 2 N–H and O–H groups in total. The molecule has 0 radical (unpaired) electrons. The Balaban J connectivity index is 1.60. The minimum atomic E-state index is -0.0266. The van der Waals surface area contributed by atoms with Crippen LogP contribution in [0, 0.1) is 13.8 Å². The molecule has 6 nitrogen and oxygen atoms in total.